The molecule has 334 valence electrons. The number of nitrogens with two attached hydrogens (primary N) is 1. The Kier molecular flexibility index (Phi) is 42.8. The molecule has 0 fully saturated rings. The first kappa shape index (κ1) is 55.5. The maximum Gasteiger partial charge on any atom is 0.472 e. The summed E-state index contributed by atoms with van der Waals surface area (Å²) in [5.41, 5.74) is 5.38. The van der Waals surface area contributed by atoms with Crippen LogP contribution in [0.5, 0.6) is 0 Å². The van der Waals surface area contributed by atoms with Crippen LogP contribution in [0.25, 0.3) is 0 Å². The first-order valence-electron chi connectivity index (χ1n) is 23.8. The van der Waals surface area contributed by atoms with E-state index in [1.165, 1.54) is 154 Å². The molecular weight excluding hydrogens is 732 g/mol. The average Bonchev–Trinajstić information content (AvgIpc) is 3.20. The Morgan fingerprint density at radius 1 is 0.561 bits per heavy atom. The third kappa shape index (κ3) is 42.4. The lowest BCUT2D eigenvalue weighted by molar-refractivity contribution is -0.123. The molecule has 0 aliphatic carbocycles. The van der Waals surface area contributed by atoms with Crippen molar-refractivity contribution in [2.45, 2.75) is 231 Å². The van der Waals surface area contributed by atoms with Gasteiger partial charge in [0.05, 0.1) is 25.4 Å². The Labute approximate surface area is 352 Å². The number of hydrogen-bond donors (Lipinski definition) is 4. The van der Waals surface area contributed by atoms with Gasteiger partial charge in [-0.1, -0.05) is 191 Å². The van der Waals surface area contributed by atoms with E-state index in [1.807, 2.05) is 6.08 Å². The number of phosphoric ester groups is 1. The largest absolute Gasteiger partial charge is 0.472 e. The number of aliphatic hydroxyl groups excluding tert-OH is 1. The Morgan fingerprint density at radius 3 is 1.35 bits per heavy atom. The van der Waals surface area contributed by atoms with E-state index in [0.29, 0.717) is 6.42 Å². The molecule has 0 bridgehead atoms. The molecule has 0 saturated heterocycles. The quantitative estimate of drug-likeness (QED) is 0.0273. The first-order valence-corrected chi connectivity index (χ1v) is 25.3. The van der Waals surface area contributed by atoms with Crippen LogP contribution in [0.2, 0.25) is 0 Å². The zero-order valence-electron chi connectivity index (χ0n) is 37.1. The topological polar surface area (TPSA) is 131 Å². The summed E-state index contributed by atoms with van der Waals surface area (Å²) >= 11 is 0. The van der Waals surface area contributed by atoms with E-state index < -0.39 is 20.0 Å². The highest BCUT2D eigenvalue weighted by molar-refractivity contribution is 7.47. The molecule has 3 unspecified atom stereocenters. The number of carbonyl (C=O) groups is 1. The van der Waals surface area contributed by atoms with E-state index in [1.54, 1.807) is 6.08 Å². The van der Waals surface area contributed by atoms with Gasteiger partial charge < -0.3 is 21.1 Å². The van der Waals surface area contributed by atoms with E-state index in [-0.39, 0.29) is 25.7 Å². The van der Waals surface area contributed by atoms with Crippen LogP contribution in [0, 0.1) is 0 Å². The average molecular weight is 823 g/mol. The van der Waals surface area contributed by atoms with Crippen LogP contribution >= 0.6 is 7.82 Å². The minimum Gasteiger partial charge on any atom is -0.387 e. The molecule has 3 atom stereocenters. The second kappa shape index (κ2) is 44.0. The van der Waals surface area contributed by atoms with Crippen molar-refractivity contribution in [3.8, 4) is 0 Å². The van der Waals surface area contributed by atoms with Crippen molar-refractivity contribution in [3.05, 3.63) is 48.6 Å². The molecule has 8 nitrogen and oxygen atoms in total. The van der Waals surface area contributed by atoms with Crippen LogP contribution < -0.4 is 11.1 Å². The van der Waals surface area contributed by atoms with Crippen molar-refractivity contribution in [1.29, 1.82) is 0 Å². The van der Waals surface area contributed by atoms with Gasteiger partial charge in [-0.15, -0.1) is 0 Å². The van der Waals surface area contributed by atoms with E-state index in [4.69, 9.17) is 14.8 Å². The molecule has 0 aromatic rings. The molecule has 0 aliphatic rings. The molecule has 0 saturated carbocycles. The van der Waals surface area contributed by atoms with Gasteiger partial charge in [-0.3, -0.25) is 13.8 Å². The van der Waals surface area contributed by atoms with Gasteiger partial charge in [-0.05, 0) is 70.6 Å². The minimum absolute atomic E-state index is 0.0707. The normalized spacial score (nSPS) is 14.4. The van der Waals surface area contributed by atoms with Crippen LogP contribution in [-0.2, 0) is 18.4 Å². The van der Waals surface area contributed by atoms with Gasteiger partial charge in [-0.2, -0.15) is 0 Å². The SMILES string of the molecule is CCCCCCCC/C=C\CCCCCCCCCCCC(=O)NC(COP(=O)(O)OCCN)C(O)/C=C/CC/C=C/CC/C=C/CCCCCCCCCCC. The lowest BCUT2D eigenvalue weighted by atomic mass is 10.0. The van der Waals surface area contributed by atoms with Crippen LogP contribution in [0.1, 0.15) is 219 Å². The molecule has 5 N–H and O–H groups in total. The molecule has 9 heteroatoms. The van der Waals surface area contributed by atoms with Gasteiger partial charge in [0.1, 0.15) is 0 Å². The molecule has 0 aliphatic heterocycles. The van der Waals surface area contributed by atoms with E-state index >= 15 is 0 Å². The number of amides is 1. The van der Waals surface area contributed by atoms with Gasteiger partial charge in [0.25, 0.3) is 0 Å². The fourth-order valence-electron chi connectivity index (χ4n) is 6.75. The second-order valence-corrected chi connectivity index (χ2v) is 17.4. The molecule has 0 radical (unpaired) electrons. The highest BCUT2D eigenvalue weighted by atomic mass is 31.2. The Morgan fingerprint density at radius 2 is 0.930 bits per heavy atom. The predicted octanol–water partition coefficient (Wildman–Crippen LogP) is 13.7. The van der Waals surface area contributed by atoms with Crippen molar-refractivity contribution in [2.24, 2.45) is 5.73 Å². The predicted molar refractivity (Wildman–Crippen MR) is 244 cm³/mol. The van der Waals surface area contributed by atoms with Crippen molar-refractivity contribution in [1.82, 2.24) is 5.32 Å². The summed E-state index contributed by atoms with van der Waals surface area (Å²) < 4.78 is 22.2. The summed E-state index contributed by atoms with van der Waals surface area (Å²) in [7, 11) is -4.35. The summed E-state index contributed by atoms with van der Waals surface area (Å²) in [6.07, 6.45) is 54.5. The zero-order chi connectivity index (χ0) is 41.8. The number of unbranched alkanes of at least 4 members (excludes halogenated alkanes) is 26. The monoisotopic (exact) mass is 823 g/mol. The van der Waals surface area contributed by atoms with Gasteiger partial charge in [0.15, 0.2) is 0 Å². The number of allylic oxidation sites excluding steroid dienone is 7. The highest BCUT2D eigenvalue weighted by Gasteiger charge is 2.26. The van der Waals surface area contributed by atoms with Gasteiger partial charge in [-0.25, -0.2) is 4.57 Å². The van der Waals surface area contributed by atoms with Crippen molar-refractivity contribution in [3.63, 3.8) is 0 Å². The summed E-state index contributed by atoms with van der Waals surface area (Å²) in [5, 5.41) is 13.7. The lowest BCUT2D eigenvalue weighted by Gasteiger charge is -2.23. The molecule has 57 heavy (non-hydrogen) atoms. The smallest absolute Gasteiger partial charge is 0.387 e. The molecule has 0 aromatic carbocycles. The Hall–Kier alpha value is -1.54. The summed E-state index contributed by atoms with van der Waals surface area (Å²) in [4.78, 5) is 22.7. The molecule has 0 aromatic heterocycles. The van der Waals surface area contributed by atoms with Crippen molar-refractivity contribution in [2.75, 3.05) is 19.8 Å². The fraction of sp³-hybridized carbons (Fsp3) is 0.812. The minimum atomic E-state index is -4.35. The number of phosphoric acid groups is 1. The number of nitrogens with one attached hydrogen (secondary N) is 1. The third-order valence-electron chi connectivity index (χ3n) is 10.4. The maximum atomic E-state index is 12.8. The van der Waals surface area contributed by atoms with Crippen LogP contribution in [0.4, 0.5) is 0 Å². The maximum absolute atomic E-state index is 12.8. The Bertz CT molecular complexity index is 1030. The molecular formula is C48H91N2O6P. The number of hydrogen-bond acceptors (Lipinski definition) is 6. The molecule has 1 amide bonds. The number of carbonyl (C=O) groups excluding carboxylic acids is 1. The van der Waals surface area contributed by atoms with Crippen LogP contribution in [0.3, 0.4) is 0 Å². The summed E-state index contributed by atoms with van der Waals surface area (Å²) in [5.74, 6) is -0.210. The number of aliphatic hydroxyl groups is 1. The summed E-state index contributed by atoms with van der Waals surface area (Å²) in [6.45, 7) is 4.11. The first-order chi connectivity index (χ1) is 27.9. The van der Waals surface area contributed by atoms with Gasteiger partial charge >= 0.3 is 7.82 Å². The van der Waals surface area contributed by atoms with Crippen LogP contribution in [-0.4, -0.2) is 47.8 Å². The fourth-order valence-corrected chi connectivity index (χ4v) is 7.51. The van der Waals surface area contributed by atoms with Crippen molar-refractivity contribution < 1.29 is 28.4 Å². The van der Waals surface area contributed by atoms with Gasteiger partial charge in [0.2, 0.25) is 5.91 Å². The zero-order valence-corrected chi connectivity index (χ0v) is 38.0. The van der Waals surface area contributed by atoms with E-state index in [2.05, 4.69) is 55.6 Å². The van der Waals surface area contributed by atoms with E-state index in [0.717, 1.165) is 44.9 Å². The third-order valence-corrected chi connectivity index (χ3v) is 11.3. The molecule has 0 rings (SSSR count). The molecule has 0 spiro atoms. The van der Waals surface area contributed by atoms with Crippen molar-refractivity contribution >= 4 is 13.7 Å². The Balaban J connectivity index is 4.23. The van der Waals surface area contributed by atoms with Crippen LogP contribution in [0.15, 0.2) is 48.6 Å². The molecule has 0 heterocycles. The number of rotatable bonds is 44. The summed E-state index contributed by atoms with van der Waals surface area (Å²) in [6, 6.07) is -0.885. The highest BCUT2D eigenvalue weighted by Crippen LogP contribution is 2.43. The van der Waals surface area contributed by atoms with E-state index in [9.17, 15) is 19.4 Å². The van der Waals surface area contributed by atoms with Gasteiger partial charge in [0, 0.05) is 13.0 Å². The second-order valence-electron chi connectivity index (χ2n) is 15.9. The lowest BCUT2D eigenvalue weighted by Crippen LogP contribution is -2.45. The standard InChI is InChI=1S/C48H91N2O6P/c1-3-5-7-9-11-13-15-17-19-21-23-25-27-29-31-33-35-37-39-41-47(51)46(45-56-57(53,54)55-44-43-49)50-48(52)42-40-38-36-34-32-30-28-26-24-22-20-18-16-14-12-10-8-6-4-2/h18,20,23,25,31,33,39,41,46-47,51H,3-17,19,21-22,24,26-30,32,34-38,40,42-45,49H2,1-2H3,(H,50,52)(H,53,54)/b20-18-,25-23+,33-31+,41-39+.